The van der Waals surface area contributed by atoms with Gasteiger partial charge in [-0.05, 0) is 12.1 Å². The molecule has 0 aromatic heterocycles. The van der Waals surface area contributed by atoms with Crippen LogP contribution in [0.25, 0.3) is 0 Å². The molecule has 0 aliphatic rings. The molecule has 11 heteroatoms. The van der Waals surface area contributed by atoms with Crippen molar-refractivity contribution in [2.75, 3.05) is 42.7 Å². The molecule has 0 fully saturated rings. The summed E-state index contributed by atoms with van der Waals surface area (Å²) >= 11 is 0. The van der Waals surface area contributed by atoms with E-state index in [0.29, 0.717) is 45.6 Å². The van der Waals surface area contributed by atoms with Crippen molar-refractivity contribution in [3.8, 4) is 34.5 Å². The summed E-state index contributed by atoms with van der Waals surface area (Å²) in [5.74, 6) is 2.99. The quantitative estimate of drug-likeness (QED) is 0.425. The van der Waals surface area contributed by atoms with Crippen LogP contribution >= 0.6 is 0 Å². The molecule has 2 aromatic rings. The summed E-state index contributed by atoms with van der Waals surface area (Å²) in [7, 11) is 9.10. The van der Waals surface area contributed by atoms with Gasteiger partial charge in [-0.2, -0.15) is 10.2 Å². The lowest BCUT2D eigenvalue weighted by Crippen LogP contribution is -2.28. The average Bonchev–Trinajstić information content (AvgIpc) is 2.83. The maximum Gasteiger partial charge on any atom is 0.355 e. The van der Waals surface area contributed by atoms with Crippen molar-refractivity contribution in [3.63, 3.8) is 0 Å². The minimum atomic E-state index is -0.656. The number of benzene rings is 2. The summed E-state index contributed by atoms with van der Waals surface area (Å²) in [5, 5.41) is 7.78. The highest BCUT2D eigenvalue weighted by atomic mass is 16.5. The molecule has 0 heterocycles. The van der Waals surface area contributed by atoms with E-state index in [1.165, 1.54) is 55.1 Å². The van der Waals surface area contributed by atoms with Crippen molar-refractivity contribution in [3.05, 3.63) is 35.4 Å². The van der Waals surface area contributed by atoms with E-state index in [1.54, 1.807) is 24.3 Å². The molecule has 2 aromatic carbocycles. The van der Waals surface area contributed by atoms with Crippen LogP contribution < -0.4 is 39.3 Å². The molecule has 0 atom stereocenters. The molecule has 0 saturated heterocycles. The standard InChI is InChI=1S/C21H26N4O7/c1-27-15-9-19(31-5)17(29-3)7-13(15)11-22-24-21(26)25-23-12-14-8-18(30-4)20(32-6)10-16(14)28-2/h7-12H,1-6H3,(H2,24,25,26)/b22-11-,23-12+. The molecule has 0 spiro atoms. The SMILES string of the molecule is COc1cc(OC)c(OC)cc1/C=N\NC(=O)N/N=C/c1cc(OC)c(OC)cc1OC. The number of amides is 2. The summed E-state index contributed by atoms with van der Waals surface area (Å²) < 4.78 is 31.6. The van der Waals surface area contributed by atoms with Crippen molar-refractivity contribution >= 4 is 18.5 Å². The average molecular weight is 446 g/mol. The third-order valence-corrected chi connectivity index (χ3v) is 4.21. The Bertz CT molecular complexity index is 915. The van der Waals surface area contributed by atoms with Gasteiger partial charge < -0.3 is 28.4 Å². The first kappa shape index (κ1) is 24.1. The van der Waals surface area contributed by atoms with Crippen molar-refractivity contribution in [1.29, 1.82) is 0 Å². The van der Waals surface area contributed by atoms with E-state index in [-0.39, 0.29) is 0 Å². The Kier molecular flexibility index (Phi) is 8.96. The van der Waals surface area contributed by atoms with Crippen LogP contribution in [0, 0.1) is 0 Å². The summed E-state index contributed by atoms with van der Waals surface area (Å²) in [6.07, 6.45) is 2.81. The predicted octanol–water partition coefficient (Wildman–Crippen LogP) is 2.41. The third kappa shape index (κ3) is 5.94. The first-order chi connectivity index (χ1) is 15.5. The predicted molar refractivity (Wildman–Crippen MR) is 119 cm³/mol. The minimum Gasteiger partial charge on any atom is -0.496 e. The summed E-state index contributed by atoms with van der Waals surface area (Å²) in [5.41, 5.74) is 5.76. The molecule has 32 heavy (non-hydrogen) atoms. The van der Waals surface area contributed by atoms with Gasteiger partial charge in [-0.25, -0.2) is 15.6 Å². The van der Waals surface area contributed by atoms with Gasteiger partial charge in [0, 0.05) is 23.3 Å². The fraction of sp³-hybridized carbons (Fsp3) is 0.286. The Hall–Kier alpha value is -4.15. The van der Waals surface area contributed by atoms with Crippen molar-refractivity contribution < 1.29 is 33.2 Å². The maximum atomic E-state index is 12.0. The first-order valence-electron chi connectivity index (χ1n) is 9.23. The molecule has 0 saturated carbocycles. The highest BCUT2D eigenvalue weighted by molar-refractivity contribution is 5.88. The molecule has 172 valence electrons. The highest BCUT2D eigenvalue weighted by Crippen LogP contribution is 2.34. The van der Waals surface area contributed by atoms with Gasteiger partial charge in [0.25, 0.3) is 0 Å². The summed E-state index contributed by atoms with van der Waals surface area (Å²) in [6.45, 7) is 0. The monoisotopic (exact) mass is 446 g/mol. The van der Waals surface area contributed by atoms with E-state index in [1.807, 2.05) is 0 Å². The van der Waals surface area contributed by atoms with Gasteiger partial charge in [0.2, 0.25) is 0 Å². The van der Waals surface area contributed by atoms with Gasteiger partial charge in [-0.3, -0.25) is 0 Å². The number of carbonyl (C=O) groups is 1. The topological polar surface area (TPSA) is 121 Å². The van der Waals surface area contributed by atoms with Gasteiger partial charge in [-0.1, -0.05) is 0 Å². The number of ether oxygens (including phenoxy) is 6. The summed E-state index contributed by atoms with van der Waals surface area (Å²) in [4.78, 5) is 12.0. The van der Waals surface area contributed by atoms with Gasteiger partial charge >= 0.3 is 6.03 Å². The third-order valence-electron chi connectivity index (χ3n) is 4.21. The molecular weight excluding hydrogens is 420 g/mol. The zero-order valence-corrected chi connectivity index (χ0v) is 18.7. The molecule has 2 rings (SSSR count). The number of urea groups is 1. The lowest BCUT2D eigenvalue weighted by molar-refractivity contribution is 0.242. The zero-order chi connectivity index (χ0) is 23.5. The van der Waals surface area contributed by atoms with Gasteiger partial charge in [-0.15, -0.1) is 0 Å². The molecule has 2 amide bonds. The van der Waals surface area contributed by atoms with Gasteiger partial charge in [0.15, 0.2) is 23.0 Å². The van der Waals surface area contributed by atoms with E-state index in [0.717, 1.165) is 0 Å². The van der Waals surface area contributed by atoms with Crippen LogP contribution in [0.15, 0.2) is 34.5 Å². The zero-order valence-electron chi connectivity index (χ0n) is 18.7. The second kappa shape index (κ2) is 11.9. The second-order valence-corrected chi connectivity index (χ2v) is 5.97. The number of carbonyl (C=O) groups excluding carboxylic acids is 1. The Morgan fingerprint density at radius 1 is 0.594 bits per heavy atom. The molecule has 0 aliphatic carbocycles. The van der Waals surface area contributed by atoms with Crippen molar-refractivity contribution in [2.45, 2.75) is 0 Å². The molecular formula is C21H26N4O7. The number of nitrogens with one attached hydrogen (secondary N) is 2. The minimum absolute atomic E-state index is 0.493. The van der Waals surface area contributed by atoms with Crippen LogP contribution in [0.4, 0.5) is 4.79 Å². The van der Waals surface area contributed by atoms with E-state index in [9.17, 15) is 4.79 Å². The smallest absolute Gasteiger partial charge is 0.355 e. The normalized spacial score (nSPS) is 10.7. The Morgan fingerprint density at radius 3 is 1.22 bits per heavy atom. The molecule has 0 aliphatic heterocycles. The lowest BCUT2D eigenvalue weighted by Gasteiger charge is -2.12. The maximum absolute atomic E-state index is 12.0. The van der Waals surface area contributed by atoms with Crippen LogP contribution in [0.5, 0.6) is 34.5 Å². The van der Waals surface area contributed by atoms with E-state index in [2.05, 4.69) is 21.1 Å². The molecule has 0 radical (unpaired) electrons. The molecule has 11 nitrogen and oxygen atoms in total. The Balaban J connectivity index is 2.05. The fourth-order valence-corrected chi connectivity index (χ4v) is 2.65. The van der Waals surface area contributed by atoms with Crippen molar-refractivity contribution in [2.24, 2.45) is 10.2 Å². The number of nitrogens with zero attached hydrogens (tertiary/aromatic N) is 2. The van der Waals surface area contributed by atoms with E-state index < -0.39 is 6.03 Å². The second-order valence-electron chi connectivity index (χ2n) is 5.97. The Morgan fingerprint density at radius 2 is 0.906 bits per heavy atom. The van der Waals surface area contributed by atoms with Crippen LogP contribution in [0.1, 0.15) is 11.1 Å². The van der Waals surface area contributed by atoms with Crippen LogP contribution in [-0.4, -0.2) is 61.1 Å². The fourth-order valence-electron chi connectivity index (χ4n) is 2.65. The largest absolute Gasteiger partial charge is 0.496 e. The first-order valence-corrected chi connectivity index (χ1v) is 9.23. The lowest BCUT2D eigenvalue weighted by atomic mass is 10.2. The molecule has 2 N–H and O–H groups in total. The number of hydrogen-bond acceptors (Lipinski definition) is 9. The number of hydrogen-bond donors (Lipinski definition) is 2. The van der Waals surface area contributed by atoms with Gasteiger partial charge in [0.1, 0.15) is 11.5 Å². The van der Waals surface area contributed by atoms with E-state index in [4.69, 9.17) is 28.4 Å². The Labute approximate surface area is 185 Å². The van der Waals surface area contributed by atoms with Crippen LogP contribution in [0.2, 0.25) is 0 Å². The van der Waals surface area contributed by atoms with E-state index >= 15 is 0 Å². The number of methoxy groups -OCH3 is 6. The summed E-state index contributed by atoms with van der Waals surface area (Å²) in [6, 6.07) is 5.99. The number of hydrazone groups is 2. The van der Waals surface area contributed by atoms with Gasteiger partial charge in [0.05, 0.1) is 55.1 Å². The number of rotatable bonds is 10. The molecule has 0 unspecified atom stereocenters. The van der Waals surface area contributed by atoms with Crippen LogP contribution in [-0.2, 0) is 0 Å². The van der Waals surface area contributed by atoms with Crippen LogP contribution in [0.3, 0.4) is 0 Å². The highest BCUT2D eigenvalue weighted by Gasteiger charge is 2.11. The molecule has 0 bridgehead atoms. The van der Waals surface area contributed by atoms with Crippen molar-refractivity contribution in [1.82, 2.24) is 10.9 Å².